The molecular weight excluding hydrogens is 398 g/mol. The molecule has 4 N–H and O–H groups in total. The predicted molar refractivity (Wildman–Crippen MR) is 108 cm³/mol. The average Bonchev–Trinajstić information content (AvgIpc) is 3.11. The zero-order valence-corrected chi connectivity index (χ0v) is 15.8. The van der Waals surface area contributed by atoms with Crippen LogP contribution in [-0.4, -0.2) is 15.9 Å². The maximum absolute atomic E-state index is 13.4. The van der Waals surface area contributed by atoms with Crippen LogP contribution >= 0.6 is 0 Å². The van der Waals surface area contributed by atoms with E-state index in [2.05, 4.69) is 26.9 Å². The minimum Gasteiger partial charge on any atom is -0.370 e. The molecule has 0 unspecified atom stereocenters. The van der Waals surface area contributed by atoms with Gasteiger partial charge in [-0.15, -0.1) is 0 Å². The summed E-state index contributed by atoms with van der Waals surface area (Å²) in [6.07, 6.45) is 2.65. The summed E-state index contributed by atoms with van der Waals surface area (Å²) < 4.78 is 52.5. The molecule has 5 nitrogen and oxygen atoms in total. The minimum atomic E-state index is -4.61. The van der Waals surface area contributed by atoms with E-state index < -0.39 is 24.1 Å². The van der Waals surface area contributed by atoms with Gasteiger partial charge in [-0.3, -0.25) is 0 Å². The molecule has 0 atom stereocenters. The summed E-state index contributed by atoms with van der Waals surface area (Å²) in [4.78, 5) is 11.2. The largest absolute Gasteiger partial charge is 0.416 e. The van der Waals surface area contributed by atoms with Crippen molar-refractivity contribution in [3.63, 3.8) is 0 Å². The van der Waals surface area contributed by atoms with E-state index in [-0.39, 0.29) is 11.5 Å². The van der Waals surface area contributed by atoms with Crippen LogP contribution in [0.1, 0.15) is 16.7 Å². The number of fused-ring (bicyclic) bond motifs is 1. The molecule has 2 aromatic heterocycles. The first-order valence-electron chi connectivity index (χ1n) is 8.92. The Labute approximate surface area is 170 Å². The fourth-order valence-electron chi connectivity index (χ4n) is 2.91. The Bertz CT molecular complexity index is 1110. The standard InChI is InChI=1S/C21H19F4N5/c1-2-13(8-14-11-28-19-17(14)4-3-7-27-19)10-29-20(26)30-12-15-9-16(22)5-6-18(15)21(23,24)25/h2-7,9-11H,1,8,12H2,(H,27,28)(H3,26,29,30)/b13-10+. The molecule has 0 saturated carbocycles. The number of hydrogen-bond acceptors (Lipinski definition) is 2. The third-order valence-electron chi connectivity index (χ3n) is 4.39. The van der Waals surface area contributed by atoms with Gasteiger partial charge in [-0.2, -0.15) is 13.2 Å². The smallest absolute Gasteiger partial charge is 0.370 e. The SMILES string of the molecule is C=C/C(=C\NC(N)=NCc1cc(F)ccc1C(F)(F)F)Cc1c[nH]c2ncccc12. The van der Waals surface area contributed by atoms with Crippen molar-refractivity contribution in [2.75, 3.05) is 0 Å². The van der Waals surface area contributed by atoms with Gasteiger partial charge in [0.2, 0.25) is 0 Å². The van der Waals surface area contributed by atoms with Crippen LogP contribution in [-0.2, 0) is 19.1 Å². The van der Waals surface area contributed by atoms with Gasteiger partial charge in [0.15, 0.2) is 5.96 Å². The molecule has 1 aromatic carbocycles. The van der Waals surface area contributed by atoms with Gasteiger partial charge in [-0.1, -0.05) is 12.7 Å². The molecule has 3 aromatic rings. The normalized spacial score (nSPS) is 12.9. The zero-order chi connectivity index (χ0) is 21.7. The lowest BCUT2D eigenvalue weighted by Crippen LogP contribution is -2.27. The van der Waals surface area contributed by atoms with Gasteiger partial charge in [0, 0.05) is 30.4 Å². The van der Waals surface area contributed by atoms with E-state index in [4.69, 9.17) is 5.73 Å². The third kappa shape index (κ3) is 5.05. The number of hydrogen-bond donors (Lipinski definition) is 3. The van der Waals surface area contributed by atoms with Gasteiger partial charge in [0.1, 0.15) is 11.5 Å². The van der Waals surface area contributed by atoms with E-state index in [0.29, 0.717) is 12.5 Å². The Morgan fingerprint density at radius 3 is 2.80 bits per heavy atom. The van der Waals surface area contributed by atoms with Crippen molar-refractivity contribution in [1.82, 2.24) is 15.3 Å². The number of alkyl halides is 3. The second-order valence-corrected chi connectivity index (χ2v) is 6.46. The molecule has 156 valence electrons. The van der Waals surface area contributed by atoms with Crippen LogP contribution in [0.3, 0.4) is 0 Å². The third-order valence-corrected chi connectivity index (χ3v) is 4.39. The number of aromatic amines is 1. The summed E-state index contributed by atoms with van der Waals surface area (Å²) in [6.45, 7) is 3.34. The summed E-state index contributed by atoms with van der Waals surface area (Å²) >= 11 is 0. The second-order valence-electron chi connectivity index (χ2n) is 6.46. The number of allylic oxidation sites excluding steroid dienone is 2. The number of H-pyrrole nitrogens is 1. The lowest BCUT2D eigenvalue weighted by Gasteiger charge is -2.11. The number of rotatable bonds is 6. The molecule has 30 heavy (non-hydrogen) atoms. The summed E-state index contributed by atoms with van der Waals surface area (Å²) in [5.74, 6) is -0.880. The molecule has 3 rings (SSSR count). The molecule has 0 aliphatic rings. The Morgan fingerprint density at radius 2 is 2.07 bits per heavy atom. The average molecular weight is 417 g/mol. The van der Waals surface area contributed by atoms with Crippen LogP contribution in [0.25, 0.3) is 11.0 Å². The number of pyridine rings is 1. The van der Waals surface area contributed by atoms with Crippen molar-refractivity contribution in [1.29, 1.82) is 0 Å². The Hall–Kier alpha value is -3.62. The Kier molecular flexibility index (Phi) is 6.20. The highest BCUT2D eigenvalue weighted by molar-refractivity contribution is 5.80. The van der Waals surface area contributed by atoms with E-state index in [1.54, 1.807) is 18.5 Å². The number of guanidine groups is 1. The highest BCUT2D eigenvalue weighted by atomic mass is 19.4. The van der Waals surface area contributed by atoms with Crippen molar-refractivity contribution in [3.05, 3.63) is 89.7 Å². The van der Waals surface area contributed by atoms with E-state index in [9.17, 15) is 17.6 Å². The fourth-order valence-corrected chi connectivity index (χ4v) is 2.91. The van der Waals surface area contributed by atoms with Gasteiger partial charge < -0.3 is 16.0 Å². The molecule has 9 heteroatoms. The molecule has 0 fully saturated rings. The van der Waals surface area contributed by atoms with Gasteiger partial charge in [-0.25, -0.2) is 14.4 Å². The fraction of sp³-hybridized carbons (Fsp3) is 0.143. The number of benzene rings is 1. The molecule has 2 heterocycles. The van der Waals surface area contributed by atoms with Crippen molar-refractivity contribution < 1.29 is 17.6 Å². The Morgan fingerprint density at radius 1 is 1.27 bits per heavy atom. The molecular formula is C21H19F4N5. The van der Waals surface area contributed by atoms with Crippen LogP contribution in [0, 0.1) is 5.82 Å². The van der Waals surface area contributed by atoms with E-state index in [1.165, 1.54) is 0 Å². The Balaban J connectivity index is 1.71. The van der Waals surface area contributed by atoms with Crippen LogP contribution in [0.5, 0.6) is 0 Å². The maximum atomic E-state index is 13.4. The highest BCUT2D eigenvalue weighted by Gasteiger charge is 2.33. The van der Waals surface area contributed by atoms with Crippen molar-refractivity contribution in [3.8, 4) is 0 Å². The van der Waals surface area contributed by atoms with Gasteiger partial charge in [0.25, 0.3) is 0 Å². The lowest BCUT2D eigenvalue weighted by atomic mass is 10.1. The second kappa shape index (κ2) is 8.81. The number of aliphatic imine (C=N–C) groups is 1. The first kappa shape index (κ1) is 21.1. The number of nitrogens with one attached hydrogen (secondary N) is 2. The van der Waals surface area contributed by atoms with E-state index in [1.807, 2.05) is 18.3 Å². The van der Waals surface area contributed by atoms with E-state index >= 15 is 0 Å². The molecule has 0 aliphatic carbocycles. The number of nitrogens with zero attached hydrogens (tertiary/aromatic N) is 2. The minimum absolute atomic E-state index is 0.104. The summed E-state index contributed by atoms with van der Waals surface area (Å²) in [5.41, 5.74) is 7.04. The molecule has 0 bridgehead atoms. The van der Waals surface area contributed by atoms with E-state index in [0.717, 1.165) is 34.3 Å². The van der Waals surface area contributed by atoms with Crippen LogP contribution < -0.4 is 11.1 Å². The lowest BCUT2D eigenvalue weighted by molar-refractivity contribution is -0.138. The number of nitrogens with two attached hydrogens (primary N) is 1. The van der Waals surface area contributed by atoms with Gasteiger partial charge in [0.05, 0.1) is 12.1 Å². The number of aromatic nitrogens is 2. The first-order valence-corrected chi connectivity index (χ1v) is 8.92. The van der Waals surface area contributed by atoms with Crippen LogP contribution in [0.15, 0.2) is 72.1 Å². The van der Waals surface area contributed by atoms with Crippen LogP contribution in [0.2, 0.25) is 0 Å². The number of halogens is 4. The monoisotopic (exact) mass is 417 g/mol. The van der Waals surface area contributed by atoms with Crippen LogP contribution in [0.4, 0.5) is 17.6 Å². The van der Waals surface area contributed by atoms with Crippen molar-refractivity contribution >= 4 is 17.0 Å². The topological polar surface area (TPSA) is 79.1 Å². The summed E-state index contributed by atoms with van der Waals surface area (Å²) in [5, 5.41) is 3.70. The molecule has 0 radical (unpaired) electrons. The quantitative estimate of drug-likeness (QED) is 0.240. The summed E-state index contributed by atoms with van der Waals surface area (Å²) in [7, 11) is 0. The zero-order valence-electron chi connectivity index (χ0n) is 15.8. The van der Waals surface area contributed by atoms with Crippen molar-refractivity contribution in [2.24, 2.45) is 10.7 Å². The van der Waals surface area contributed by atoms with Gasteiger partial charge in [-0.05, 0) is 47.0 Å². The molecule has 0 saturated heterocycles. The van der Waals surface area contributed by atoms with Crippen molar-refractivity contribution in [2.45, 2.75) is 19.1 Å². The molecule has 0 amide bonds. The first-order chi connectivity index (χ1) is 14.3. The highest BCUT2D eigenvalue weighted by Crippen LogP contribution is 2.32. The summed E-state index contributed by atoms with van der Waals surface area (Å²) in [6, 6.07) is 6.03. The predicted octanol–water partition coefficient (Wildman–Crippen LogP) is 4.44. The van der Waals surface area contributed by atoms with Gasteiger partial charge >= 0.3 is 6.18 Å². The maximum Gasteiger partial charge on any atom is 0.416 e. The molecule has 0 spiro atoms. The molecule has 0 aliphatic heterocycles.